The zero-order valence-electron chi connectivity index (χ0n) is 11.9. The van der Waals surface area contributed by atoms with Crippen molar-refractivity contribution >= 4 is 17.5 Å². The molecule has 0 aliphatic carbocycles. The van der Waals surface area contributed by atoms with E-state index in [9.17, 15) is 4.39 Å². The first-order valence-electron chi connectivity index (χ1n) is 6.75. The Bertz CT molecular complexity index is 579. The molecule has 2 aromatic heterocycles. The molecule has 2 heterocycles. The van der Waals surface area contributed by atoms with E-state index in [4.69, 9.17) is 11.6 Å². The largest absolute Gasteiger partial charge is 0.352 e. The van der Waals surface area contributed by atoms with Crippen molar-refractivity contribution in [2.75, 3.05) is 5.32 Å². The number of hydrogen-bond donors (Lipinski definition) is 1. The molecule has 21 heavy (non-hydrogen) atoms. The summed E-state index contributed by atoms with van der Waals surface area (Å²) in [5.74, 6) is 0.343. The fraction of sp³-hybridized carbons (Fsp3) is 0.429. The van der Waals surface area contributed by atoms with E-state index in [1.54, 1.807) is 12.4 Å². The molecule has 0 aliphatic heterocycles. The zero-order chi connectivity index (χ0) is 15.2. The maximum Gasteiger partial charge on any atom is 0.227 e. The lowest BCUT2D eigenvalue weighted by molar-refractivity contribution is 0.355. The molecule has 5 nitrogen and oxygen atoms in total. The number of anilines is 1. The minimum atomic E-state index is -1.28. The average molecular weight is 310 g/mol. The Kier molecular flexibility index (Phi) is 5.38. The Balaban J connectivity index is 1.94. The molecular formula is C14H17ClFN5. The number of alkyl halides is 1. The minimum absolute atomic E-state index is 0.00617. The van der Waals surface area contributed by atoms with E-state index in [1.165, 1.54) is 12.5 Å². The van der Waals surface area contributed by atoms with Crippen LogP contribution in [-0.4, -0.2) is 26.0 Å². The van der Waals surface area contributed by atoms with Crippen molar-refractivity contribution in [2.45, 2.75) is 38.9 Å². The van der Waals surface area contributed by atoms with E-state index in [-0.39, 0.29) is 17.1 Å². The van der Waals surface area contributed by atoms with Crippen molar-refractivity contribution < 1.29 is 4.39 Å². The summed E-state index contributed by atoms with van der Waals surface area (Å²) < 4.78 is 13.3. The molecule has 7 heteroatoms. The van der Waals surface area contributed by atoms with Crippen LogP contribution >= 0.6 is 11.6 Å². The van der Waals surface area contributed by atoms with Crippen LogP contribution in [0.25, 0.3) is 0 Å². The number of hydrogen-bond acceptors (Lipinski definition) is 5. The van der Waals surface area contributed by atoms with Crippen LogP contribution in [0.15, 0.2) is 24.5 Å². The highest BCUT2D eigenvalue weighted by molar-refractivity contribution is 6.28. The van der Waals surface area contributed by atoms with Crippen molar-refractivity contribution in [3.63, 3.8) is 0 Å². The normalized spacial score (nSPS) is 13.7. The molecule has 0 radical (unpaired) electrons. The van der Waals surface area contributed by atoms with Crippen molar-refractivity contribution in [3.8, 4) is 0 Å². The second-order valence-corrected chi connectivity index (χ2v) is 5.18. The molecule has 2 aromatic rings. The molecule has 0 saturated heterocycles. The predicted molar refractivity (Wildman–Crippen MR) is 80.0 cm³/mol. The first-order chi connectivity index (χ1) is 10.0. The van der Waals surface area contributed by atoms with Crippen LogP contribution in [0.1, 0.15) is 37.8 Å². The maximum absolute atomic E-state index is 13.3. The van der Waals surface area contributed by atoms with Crippen LogP contribution in [-0.2, 0) is 6.42 Å². The van der Waals surface area contributed by atoms with Crippen LogP contribution in [0.4, 0.5) is 10.3 Å². The van der Waals surface area contributed by atoms with Crippen LogP contribution < -0.4 is 5.32 Å². The number of nitrogens with zero attached hydrogens (tertiary/aromatic N) is 4. The van der Waals surface area contributed by atoms with Gasteiger partial charge in [-0.1, -0.05) is 0 Å². The summed E-state index contributed by atoms with van der Waals surface area (Å²) in [6.07, 6.45) is 4.05. The van der Waals surface area contributed by atoms with Crippen molar-refractivity contribution in [1.29, 1.82) is 0 Å². The third kappa shape index (κ3) is 4.90. The van der Waals surface area contributed by atoms with Gasteiger partial charge in [0.1, 0.15) is 0 Å². The standard InChI is InChI=1S/C14H17ClFN5/c1-9(3-4-11-5-7-17-8-6-11)18-14-20-12(10(2)16)19-13(15)21-14/h5-10H,3-4H2,1-2H3,(H,18,19,20,21). The van der Waals surface area contributed by atoms with Crippen molar-refractivity contribution in [3.05, 3.63) is 41.2 Å². The molecule has 0 fully saturated rings. The Hall–Kier alpha value is -1.82. The smallest absolute Gasteiger partial charge is 0.227 e. The zero-order valence-corrected chi connectivity index (χ0v) is 12.7. The van der Waals surface area contributed by atoms with Gasteiger partial charge in [0.15, 0.2) is 12.0 Å². The first-order valence-corrected chi connectivity index (χ1v) is 7.13. The monoisotopic (exact) mass is 309 g/mol. The summed E-state index contributed by atoms with van der Waals surface area (Å²) in [5, 5.41) is 3.11. The molecule has 0 bridgehead atoms. The van der Waals surface area contributed by atoms with Gasteiger partial charge in [-0.15, -0.1) is 0 Å². The topological polar surface area (TPSA) is 63.6 Å². The summed E-state index contributed by atoms with van der Waals surface area (Å²) in [4.78, 5) is 15.7. The SMILES string of the molecule is CC(CCc1ccncc1)Nc1nc(Cl)nc(C(C)F)n1. The molecule has 112 valence electrons. The molecule has 0 saturated carbocycles. The Labute approximate surface area is 128 Å². The quantitative estimate of drug-likeness (QED) is 0.886. The van der Waals surface area contributed by atoms with E-state index in [0.717, 1.165) is 12.8 Å². The number of rotatable bonds is 6. The molecule has 2 unspecified atom stereocenters. The molecule has 2 atom stereocenters. The van der Waals surface area contributed by atoms with E-state index in [2.05, 4.69) is 25.3 Å². The van der Waals surface area contributed by atoms with Gasteiger partial charge in [-0.3, -0.25) is 4.98 Å². The number of pyridine rings is 1. The van der Waals surface area contributed by atoms with Gasteiger partial charge in [0.2, 0.25) is 11.2 Å². The number of aromatic nitrogens is 4. The highest BCUT2D eigenvalue weighted by Gasteiger charge is 2.12. The van der Waals surface area contributed by atoms with Crippen LogP contribution in [0.5, 0.6) is 0 Å². The maximum atomic E-state index is 13.3. The highest BCUT2D eigenvalue weighted by Crippen LogP contribution is 2.16. The second kappa shape index (κ2) is 7.26. The van der Waals surface area contributed by atoms with Gasteiger partial charge in [0.25, 0.3) is 0 Å². The van der Waals surface area contributed by atoms with Crippen molar-refractivity contribution in [2.24, 2.45) is 0 Å². The lowest BCUT2D eigenvalue weighted by Gasteiger charge is -2.14. The summed E-state index contributed by atoms with van der Waals surface area (Å²) in [6, 6.07) is 4.09. The van der Waals surface area contributed by atoms with Gasteiger partial charge in [0.05, 0.1) is 0 Å². The Morgan fingerprint density at radius 3 is 2.57 bits per heavy atom. The van der Waals surface area contributed by atoms with Gasteiger partial charge < -0.3 is 5.32 Å². The van der Waals surface area contributed by atoms with E-state index in [1.807, 2.05) is 19.1 Å². The summed E-state index contributed by atoms with van der Waals surface area (Å²) >= 11 is 5.77. The predicted octanol–water partition coefficient (Wildman–Crippen LogP) is 3.38. The van der Waals surface area contributed by atoms with Gasteiger partial charge in [-0.05, 0) is 56.0 Å². The minimum Gasteiger partial charge on any atom is -0.352 e. The highest BCUT2D eigenvalue weighted by atomic mass is 35.5. The lowest BCUT2D eigenvalue weighted by atomic mass is 10.1. The Morgan fingerprint density at radius 1 is 1.19 bits per heavy atom. The van der Waals surface area contributed by atoms with Crippen molar-refractivity contribution in [1.82, 2.24) is 19.9 Å². The molecular weight excluding hydrogens is 293 g/mol. The average Bonchev–Trinajstić information content (AvgIpc) is 2.45. The van der Waals surface area contributed by atoms with E-state index in [0.29, 0.717) is 5.95 Å². The number of nitrogens with one attached hydrogen (secondary N) is 1. The van der Waals surface area contributed by atoms with Gasteiger partial charge >= 0.3 is 0 Å². The number of aryl methyl sites for hydroxylation is 1. The third-order valence-electron chi connectivity index (χ3n) is 2.97. The van der Waals surface area contributed by atoms with Gasteiger partial charge in [0, 0.05) is 18.4 Å². The van der Waals surface area contributed by atoms with E-state index < -0.39 is 6.17 Å². The van der Waals surface area contributed by atoms with Gasteiger partial charge in [-0.2, -0.15) is 15.0 Å². The molecule has 2 rings (SSSR count). The van der Waals surface area contributed by atoms with E-state index >= 15 is 0 Å². The first kappa shape index (κ1) is 15.6. The van der Waals surface area contributed by atoms with Crippen LogP contribution in [0.3, 0.4) is 0 Å². The van der Waals surface area contributed by atoms with Crippen LogP contribution in [0.2, 0.25) is 5.28 Å². The van der Waals surface area contributed by atoms with Crippen LogP contribution in [0, 0.1) is 0 Å². The Morgan fingerprint density at radius 2 is 1.90 bits per heavy atom. The number of halogens is 2. The summed E-state index contributed by atoms with van der Waals surface area (Å²) in [7, 11) is 0. The fourth-order valence-electron chi connectivity index (χ4n) is 1.83. The second-order valence-electron chi connectivity index (χ2n) is 4.84. The molecule has 0 spiro atoms. The molecule has 0 aromatic carbocycles. The third-order valence-corrected chi connectivity index (χ3v) is 3.14. The molecule has 0 amide bonds. The summed E-state index contributed by atoms with van der Waals surface area (Å²) in [5.41, 5.74) is 1.21. The van der Waals surface area contributed by atoms with Gasteiger partial charge in [-0.25, -0.2) is 4.39 Å². The lowest BCUT2D eigenvalue weighted by Crippen LogP contribution is -2.19. The molecule has 1 N–H and O–H groups in total. The fourth-order valence-corrected chi connectivity index (χ4v) is 2.00. The summed E-state index contributed by atoms with van der Waals surface area (Å²) in [6.45, 7) is 3.37. The molecule has 0 aliphatic rings.